The van der Waals surface area contributed by atoms with Gasteiger partial charge < -0.3 is 19.5 Å². The van der Waals surface area contributed by atoms with Crippen LogP contribution in [0, 0.1) is 5.41 Å². The van der Waals surface area contributed by atoms with E-state index in [-0.39, 0.29) is 17.9 Å². The summed E-state index contributed by atoms with van der Waals surface area (Å²) < 4.78 is 5.26. The first-order chi connectivity index (χ1) is 12.2. The maximum atomic E-state index is 13.1. The molecule has 2 amide bonds. The number of amides is 2. The van der Waals surface area contributed by atoms with Gasteiger partial charge in [-0.25, -0.2) is 0 Å². The Bertz CT molecular complexity index is 612. The van der Waals surface area contributed by atoms with Crippen molar-refractivity contribution in [3.63, 3.8) is 0 Å². The second-order valence-electron chi connectivity index (χ2n) is 7.74. The molecule has 3 saturated heterocycles. The summed E-state index contributed by atoms with van der Waals surface area (Å²) in [5, 5.41) is 3.46. The van der Waals surface area contributed by atoms with Crippen LogP contribution in [0.5, 0.6) is 0 Å². The fourth-order valence-electron chi connectivity index (χ4n) is 4.61. The normalized spacial score (nSPS) is 26.2. The van der Waals surface area contributed by atoms with Crippen LogP contribution in [0.4, 0.5) is 0 Å². The molecule has 1 N–H and O–H groups in total. The Morgan fingerprint density at radius 1 is 1.16 bits per heavy atom. The van der Waals surface area contributed by atoms with E-state index in [0.29, 0.717) is 17.7 Å². The smallest absolute Gasteiger partial charge is 0.290 e. The molecule has 6 nitrogen and oxygen atoms in total. The third-order valence-corrected chi connectivity index (χ3v) is 6.25. The summed E-state index contributed by atoms with van der Waals surface area (Å²) >= 11 is 0. The predicted octanol–water partition coefficient (Wildman–Crippen LogP) is 1.88. The molecule has 1 atom stereocenters. The molecule has 6 heteroatoms. The maximum absolute atomic E-state index is 13.1. The van der Waals surface area contributed by atoms with Crippen LogP contribution in [0.2, 0.25) is 0 Å². The van der Waals surface area contributed by atoms with Crippen LogP contribution in [-0.4, -0.2) is 60.4 Å². The Labute approximate surface area is 148 Å². The molecule has 1 unspecified atom stereocenters. The van der Waals surface area contributed by atoms with Crippen LogP contribution in [0.25, 0.3) is 0 Å². The topological polar surface area (TPSA) is 65.8 Å². The first kappa shape index (κ1) is 16.6. The quantitative estimate of drug-likeness (QED) is 0.889. The largest absolute Gasteiger partial charge is 0.459 e. The Morgan fingerprint density at radius 3 is 2.68 bits per heavy atom. The van der Waals surface area contributed by atoms with Crippen molar-refractivity contribution in [2.45, 2.75) is 44.6 Å². The van der Waals surface area contributed by atoms with E-state index >= 15 is 0 Å². The molecule has 136 valence electrons. The van der Waals surface area contributed by atoms with Crippen LogP contribution in [0.15, 0.2) is 22.8 Å². The molecule has 0 aliphatic carbocycles. The van der Waals surface area contributed by atoms with Gasteiger partial charge in [0.2, 0.25) is 5.91 Å². The fourth-order valence-corrected chi connectivity index (χ4v) is 4.61. The molecule has 0 saturated carbocycles. The minimum atomic E-state index is -0.331. The molecular weight excluding hydrogens is 318 g/mol. The highest BCUT2D eigenvalue weighted by Crippen LogP contribution is 2.37. The van der Waals surface area contributed by atoms with Crippen molar-refractivity contribution >= 4 is 11.8 Å². The molecule has 4 heterocycles. The summed E-state index contributed by atoms with van der Waals surface area (Å²) in [6.45, 7) is 4.46. The number of hydrogen-bond acceptors (Lipinski definition) is 4. The van der Waals surface area contributed by atoms with E-state index in [1.54, 1.807) is 17.0 Å². The highest BCUT2D eigenvalue weighted by Gasteiger charge is 2.41. The van der Waals surface area contributed by atoms with Crippen molar-refractivity contribution < 1.29 is 14.0 Å². The molecule has 1 aromatic heterocycles. The second kappa shape index (κ2) is 6.83. The summed E-state index contributed by atoms with van der Waals surface area (Å²) in [4.78, 5) is 29.6. The molecule has 25 heavy (non-hydrogen) atoms. The van der Waals surface area contributed by atoms with Gasteiger partial charge in [-0.15, -0.1) is 0 Å². The minimum Gasteiger partial charge on any atom is -0.459 e. The SMILES string of the molecule is O=C(C1CCCCN1C(=O)c1ccco1)N1CCC2(CCNC2)CC1. The van der Waals surface area contributed by atoms with Crippen molar-refractivity contribution in [1.82, 2.24) is 15.1 Å². The summed E-state index contributed by atoms with van der Waals surface area (Å²) in [6.07, 6.45) is 7.59. The van der Waals surface area contributed by atoms with Gasteiger partial charge in [0, 0.05) is 26.2 Å². The lowest BCUT2D eigenvalue weighted by Crippen LogP contribution is -2.55. The van der Waals surface area contributed by atoms with Crippen molar-refractivity contribution in [2.75, 3.05) is 32.7 Å². The van der Waals surface area contributed by atoms with Gasteiger partial charge >= 0.3 is 0 Å². The van der Waals surface area contributed by atoms with Crippen LogP contribution in [0.1, 0.15) is 49.1 Å². The molecule has 3 aliphatic heterocycles. The molecule has 3 aliphatic rings. The zero-order chi connectivity index (χ0) is 17.3. The minimum absolute atomic E-state index is 0.125. The first-order valence-electron chi connectivity index (χ1n) is 9.53. The molecule has 0 bridgehead atoms. The van der Waals surface area contributed by atoms with Gasteiger partial charge in [-0.2, -0.15) is 0 Å². The number of furan rings is 1. The highest BCUT2D eigenvalue weighted by molar-refractivity contribution is 5.95. The maximum Gasteiger partial charge on any atom is 0.290 e. The van der Waals surface area contributed by atoms with Crippen molar-refractivity contribution in [1.29, 1.82) is 0 Å². The van der Waals surface area contributed by atoms with Crippen molar-refractivity contribution in [2.24, 2.45) is 5.41 Å². The lowest BCUT2D eigenvalue weighted by molar-refractivity contribution is -0.139. The monoisotopic (exact) mass is 345 g/mol. The van der Waals surface area contributed by atoms with Crippen LogP contribution in [0.3, 0.4) is 0 Å². The lowest BCUT2D eigenvalue weighted by atomic mass is 9.77. The van der Waals surface area contributed by atoms with Gasteiger partial charge in [0.1, 0.15) is 6.04 Å². The summed E-state index contributed by atoms with van der Waals surface area (Å²) in [5.41, 5.74) is 0.396. The molecule has 0 aromatic carbocycles. The third-order valence-electron chi connectivity index (χ3n) is 6.25. The Morgan fingerprint density at radius 2 is 2.00 bits per heavy atom. The number of piperidine rings is 2. The van der Waals surface area contributed by atoms with E-state index < -0.39 is 0 Å². The Balaban J connectivity index is 1.43. The van der Waals surface area contributed by atoms with E-state index in [1.807, 2.05) is 4.90 Å². The van der Waals surface area contributed by atoms with Gasteiger partial charge in [0.25, 0.3) is 5.91 Å². The molecule has 4 rings (SSSR count). The third kappa shape index (κ3) is 3.19. The second-order valence-corrected chi connectivity index (χ2v) is 7.74. The Kier molecular flexibility index (Phi) is 4.54. The van der Waals surface area contributed by atoms with Gasteiger partial charge in [-0.1, -0.05) is 0 Å². The summed E-state index contributed by atoms with van der Waals surface area (Å²) in [7, 11) is 0. The van der Waals surface area contributed by atoms with Crippen LogP contribution >= 0.6 is 0 Å². The van der Waals surface area contributed by atoms with E-state index in [0.717, 1.165) is 58.3 Å². The van der Waals surface area contributed by atoms with Crippen LogP contribution in [-0.2, 0) is 4.79 Å². The van der Waals surface area contributed by atoms with E-state index in [1.165, 1.54) is 12.7 Å². The van der Waals surface area contributed by atoms with Crippen LogP contribution < -0.4 is 5.32 Å². The first-order valence-corrected chi connectivity index (χ1v) is 9.53. The molecule has 1 aromatic rings. The zero-order valence-electron chi connectivity index (χ0n) is 14.7. The number of likely N-dealkylation sites (tertiary alicyclic amines) is 2. The Hall–Kier alpha value is -1.82. The summed E-state index contributed by atoms with van der Waals surface area (Å²) in [5.74, 6) is 0.297. The van der Waals surface area contributed by atoms with Crippen molar-refractivity contribution in [3.8, 4) is 0 Å². The van der Waals surface area contributed by atoms with E-state index in [4.69, 9.17) is 4.42 Å². The van der Waals surface area contributed by atoms with Gasteiger partial charge in [0.15, 0.2) is 5.76 Å². The summed E-state index contributed by atoms with van der Waals surface area (Å²) in [6, 6.07) is 3.06. The predicted molar refractivity (Wildman–Crippen MR) is 93.1 cm³/mol. The van der Waals surface area contributed by atoms with E-state index in [2.05, 4.69) is 5.32 Å². The lowest BCUT2D eigenvalue weighted by Gasteiger charge is -2.42. The van der Waals surface area contributed by atoms with Crippen molar-refractivity contribution in [3.05, 3.63) is 24.2 Å². The number of nitrogens with one attached hydrogen (secondary N) is 1. The van der Waals surface area contributed by atoms with Gasteiger partial charge in [0.05, 0.1) is 6.26 Å². The highest BCUT2D eigenvalue weighted by atomic mass is 16.3. The number of carbonyl (C=O) groups is 2. The number of hydrogen-bond donors (Lipinski definition) is 1. The van der Waals surface area contributed by atoms with Gasteiger partial charge in [-0.05, 0) is 62.6 Å². The van der Waals surface area contributed by atoms with Gasteiger partial charge in [-0.3, -0.25) is 9.59 Å². The number of carbonyl (C=O) groups excluding carboxylic acids is 2. The number of rotatable bonds is 2. The number of nitrogens with zero attached hydrogens (tertiary/aromatic N) is 2. The molecular formula is C19H27N3O3. The average Bonchev–Trinajstić information content (AvgIpc) is 3.34. The standard InChI is InChI=1S/C19H27N3O3/c23-17(21-11-7-19(8-12-21)6-9-20-14-19)15-4-1-2-10-22(15)18(24)16-5-3-13-25-16/h3,5,13,15,20H,1-2,4,6-12,14H2. The molecule has 0 radical (unpaired) electrons. The average molecular weight is 345 g/mol. The molecule has 3 fully saturated rings. The zero-order valence-corrected chi connectivity index (χ0v) is 14.7. The molecule has 1 spiro atoms. The fraction of sp³-hybridized carbons (Fsp3) is 0.684. The van der Waals surface area contributed by atoms with E-state index in [9.17, 15) is 9.59 Å².